The second kappa shape index (κ2) is 7.38. The number of amides is 2. The van der Waals surface area contributed by atoms with Crippen molar-refractivity contribution in [1.82, 2.24) is 14.8 Å². The van der Waals surface area contributed by atoms with Gasteiger partial charge in [-0.15, -0.1) is 0 Å². The highest BCUT2D eigenvalue weighted by Crippen LogP contribution is 2.30. The van der Waals surface area contributed by atoms with E-state index in [0.717, 1.165) is 56.3 Å². The molecule has 2 heterocycles. The Morgan fingerprint density at radius 2 is 1.88 bits per heavy atom. The highest BCUT2D eigenvalue weighted by atomic mass is 32.1. The van der Waals surface area contributed by atoms with Crippen LogP contribution in [0.15, 0.2) is 18.2 Å². The molecule has 1 aliphatic heterocycles. The van der Waals surface area contributed by atoms with Crippen molar-refractivity contribution in [2.75, 3.05) is 44.2 Å². The lowest BCUT2D eigenvalue weighted by Gasteiger charge is -2.37. The van der Waals surface area contributed by atoms with E-state index in [1.54, 1.807) is 11.3 Å². The standard InChI is InChI=1S/C18H26N4OS/c1-4-14-7-8-15-16(13-14)24-17(19-15)21-9-11-22(12-10-21)18(23)20(5-2)6-3/h7-8,13H,4-6,9-12H2,1-3H3. The molecule has 2 aromatic rings. The molecule has 1 aliphatic rings. The molecule has 1 aromatic heterocycles. The van der Waals surface area contributed by atoms with Gasteiger partial charge in [-0.05, 0) is 38.0 Å². The number of carbonyl (C=O) groups is 1. The summed E-state index contributed by atoms with van der Waals surface area (Å²) in [6, 6.07) is 6.69. The average Bonchev–Trinajstić information content (AvgIpc) is 3.05. The van der Waals surface area contributed by atoms with Gasteiger partial charge in [0.2, 0.25) is 0 Å². The molecule has 0 unspecified atom stereocenters. The van der Waals surface area contributed by atoms with Gasteiger partial charge in [-0.3, -0.25) is 0 Å². The Morgan fingerprint density at radius 3 is 2.50 bits per heavy atom. The highest BCUT2D eigenvalue weighted by molar-refractivity contribution is 7.22. The summed E-state index contributed by atoms with van der Waals surface area (Å²) in [5.74, 6) is 0. The van der Waals surface area contributed by atoms with Crippen LogP contribution in [-0.2, 0) is 6.42 Å². The Morgan fingerprint density at radius 1 is 1.17 bits per heavy atom. The zero-order valence-electron chi connectivity index (χ0n) is 14.8. The number of rotatable bonds is 4. The second-order valence-electron chi connectivity index (χ2n) is 6.08. The summed E-state index contributed by atoms with van der Waals surface area (Å²) in [6.45, 7) is 11.0. The summed E-state index contributed by atoms with van der Waals surface area (Å²) < 4.78 is 1.26. The zero-order chi connectivity index (χ0) is 17.1. The van der Waals surface area contributed by atoms with Crippen molar-refractivity contribution in [2.24, 2.45) is 0 Å². The summed E-state index contributed by atoms with van der Waals surface area (Å²) in [5.41, 5.74) is 2.43. The van der Waals surface area contributed by atoms with Crippen LogP contribution >= 0.6 is 11.3 Å². The number of urea groups is 1. The van der Waals surface area contributed by atoms with Crippen molar-refractivity contribution in [3.8, 4) is 0 Å². The quantitative estimate of drug-likeness (QED) is 0.851. The smallest absolute Gasteiger partial charge is 0.320 e. The largest absolute Gasteiger partial charge is 0.345 e. The third kappa shape index (κ3) is 3.34. The minimum absolute atomic E-state index is 0.163. The van der Waals surface area contributed by atoms with Crippen LogP contribution in [0.4, 0.5) is 9.93 Å². The van der Waals surface area contributed by atoms with E-state index in [1.807, 2.05) is 23.6 Å². The molecule has 1 fully saturated rings. The Kier molecular flexibility index (Phi) is 5.23. The first-order valence-corrected chi connectivity index (χ1v) is 9.66. The molecule has 0 spiro atoms. The maximum atomic E-state index is 12.4. The number of thiazole rings is 1. The fraction of sp³-hybridized carbons (Fsp3) is 0.556. The Bertz CT molecular complexity index is 702. The van der Waals surface area contributed by atoms with Crippen LogP contribution in [0.1, 0.15) is 26.3 Å². The third-order valence-electron chi connectivity index (χ3n) is 4.70. The Hall–Kier alpha value is -1.82. The fourth-order valence-corrected chi connectivity index (χ4v) is 4.18. The molecule has 0 N–H and O–H groups in total. The lowest BCUT2D eigenvalue weighted by atomic mass is 10.2. The molecule has 1 saturated heterocycles. The number of carbonyl (C=O) groups excluding carboxylic acids is 1. The highest BCUT2D eigenvalue weighted by Gasteiger charge is 2.25. The van der Waals surface area contributed by atoms with Crippen molar-refractivity contribution in [1.29, 1.82) is 0 Å². The van der Waals surface area contributed by atoms with Crippen LogP contribution in [0, 0.1) is 0 Å². The van der Waals surface area contributed by atoms with E-state index in [-0.39, 0.29) is 6.03 Å². The summed E-state index contributed by atoms with van der Waals surface area (Å²) in [6.07, 6.45) is 1.05. The fourth-order valence-electron chi connectivity index (χ4n) is 3.10. The predicted octanol–water partition coefficient (Wildman–Crippen LogP) is 3.44. The van der Waals surface area contributed by atoms with Gasteiger partial charge in [0.1, 0.15) is 0 Å². The number of aryl methyl sites for hydroxylation is 1. The van der Waals surface area contributed by atoms with E-state index in [0.29, 0.717) is 0 Å². The van der Waals surface area contributed by atoms with Gasteiger partial charge >= 0.3 is 6.03 Å². The monoisotopic (exact) mass is 346 g/mol. The van der Waals surface area contributed by atoms with Crippen molar-refractivity contribution < 1.29 is 4.79 Å². The van der Waals surface area contributed by atoms with Crippen LogP contribution in [0.3, 0.4) is 0 Å². The first-order valence-electron chi connectivity index (χ1n) is 8.84. The average molecular weight is 347 g/mol. The Labute approximate surface area is 147 Å². The zero-order valence-corrected chi connectivity index (χ0v) is 15.6. The third-order valence-corrected chi connectivity index (χ3v) is 5.78. The number of anilines is 1. The first-order chi connectivity index (χ1) is 11.7. The minimum atomic E-state index is 0.163. The van der Waals surface area contributed by atoms with E-state index in [1.165, 1.54) is 10.3 Å². The van der Waals surface area contributed by atoms with E-state index in [4.69, 9.17) is 4.98 Å². The SMILES string of the molecule is CCc1ccc2nc(N3CCN(C(=O)N(CC)CC)CC3)sc2c1. The molecular formula is C18H26N4OS. The first kappa shape index (κ1) is 17.0. The summed E-state index contributed by atoms with van der Waals surface area (Å²) in [7, 11) is 0. The molecular weight excluding hydrogens is 320 g/mol. The van der Waals surface area contributed by atoms with Gasteiger partial charge in [0.05, 0.1) is 10.2 Å². The molecule has 0 atom stereocenters. The van der Waals surface area contributed by atoms with Gasteiger partial charge in [0.25, 0.3) is 0 Å². The molecule has 0 bridgehead atoms. The van der Waals surface area contributed by atoms with E-state index in [9.17, 15) is 4.79 Å². The van der Waals surface area contributed by atoms with Crippen molar-refractivity contribution in [3.63, 3.8) is 0 Å². The maximum Gasteiger partial charge on any atom is 0.320 e. The number of fused-ring (bicyclic) bond motifs is 1. The second-order valence-corrected chi connectivity index (χ2v) is 7.09. The maximum absolute atomic E-state index is 12.4. The molecule has 0 radical (unpaired) electrons. The number of piperazine rings is 1. The van der Waals surface area contributed by atoms with Crippen molar-refractivity contribution >= 4 is 32.7 Å². The van der Waals surface area contributed by atoms with Crippen LogP contribution in [0.5, 0.6) is 0 Å². The van der Waals surface area contributed by atoms with Gasteiger partial charge in [-0.2, -0.15) is 0 Å². The summed E-state index contributed by atoms with van der Waals surface area (Å²) >= 11 is 1.76. The van der Waals surface area contributed by atoms with Crippen LogP contribution in [0.25, 0.3) is 10.2 Å². The summed E-state index contributed by atoms with van der Waals surface area (Å²) in [4.78, 5) is 23.4. The van der Waals surface area contributed by atoms with Gasteiger partial charge in [0.15, 0.2) is 5.13 Å². The lowest BCUT2D eigenvalue weighted by molar-refractivity contribution is 0.154. The van der Waals surface area contributed by atoms with Crippen LogP contribution < -0.4 is 4.90 Å². The number of hydrogen-bond donors (Lipinski definition) is 0. The molecule has 0 aliphatic carbocycles. The van der Waals surface area contributed by atoms with Gasteiger partial charge in [-0.25, -0.2) is 9.78 Å². The molecule has 0 saturated carbocycles. The topological polar surface area (TPSA) is 39.7 Å². The Balaban J connectivity index is 1.67. The molecule has 130 valence electrons. The molecule has 5 nitrogen and oxygen atoms in total. The van der Waals surface area contributed by atoms with Crippen molar-refractivity contribution in [2.45, 2.75) is 27.2 Å². The van der Waals surface area contributed by atoms with E-state index in [2.05, 4.69) is 30.0 Å². The molecule has 6 heteroatoms. The van der Waals surface area contributed by atoms with Gasteiger partial charge in [0, 0.05) is 39.3 Å². The minimum Gasteiger partial charge on any atom is -0.345 e. The lowest BCUT2D eigenvalue weighted by Crippen LogP contribution is -2.52. The predicted molar refractivity (Wildman–Crippen MR) is 101 cm³/mol. The van der Waals surface area contributed by atoms with Crippen molar-refractivity contribution in [3.05, 3.63) is 23.8 Å². The molecule has 1 aromatic carbocycles. The molecule has 24 heavy (non-hydrogen) atoms. The number of aromatic nitrogens is 1. The normalized spacial score (nSPS) is 15.1. The molecule has 2 amide bonds. The number of benzene rings is 1. The number of nitrogens with zero attached hydrogens (tertiary/aromatic N) is 4. The number of hydrogen-bond acceptors (Lipinski definition) is 4. The van der Waals surface area contributed by atoms with Gasteiger partial charge in [-0.1, -0.05) is 24.3 Å². The van der Waals surface area contributed by atoms with Crippen LogP contribution in [0.2, 0.25) is 0 Å². The summed E-state index contributed by atoms with van der Waals surface area (Å²) in [5, 5.41) is 1.08. The van der Waals surface area contributed by atoms with Gasteiger partial charge < -0.3 is 14.7 Å². The van der Waals surface area contributed by atoms with E-state index < -0.39 is 0 Å². The van der Waals surface area contributed by atoms with E-state index >= 15 is 0 Å². The van der Waals surface area contributed by atoms with Crippen LogP contribution in [-0.4, -0.2) is 60.1 Å². The molecule has 3 rings (SSSR count).